The van der Waals surface area contributed by atoms with Crippen molar-refractivity contribution in [3.05, 3.63) is 57.8 Å². The van der Waals surface area contributed by atoms with E-state index in [-0.39, 0.29) is 0 Å². The molecule has 0 bridgehead atoms. The van der Waals surface area contributed by atoms with Crippen molar-refractivity contribution < 1.29 is 0 Å². The Morgan fingerprint density at radius 3 is 2.95 bits per heavy atom. The van der Waals surface area contributed by atoms with Crippen LogP contribution in [0.5, 0.6) is 0 Å². The number of nitrogens with zero attached hydrogens (tertiary/aromatic N) is 1. The number of hydrogen-bond acceptors (Lipinski definition) is 2. The standard InChI is InChI=1S/C17H21N3S/c1-12-5-2-3-7-14(12)15-11-16(15)20-17(18)19-9-8-13-6-4-10-21-13/h2-7,10,15-16H,8-9,11H2,1H3,(H3,18,19,20). The molecule has 1 saturated carbocycles. The van der Waals surface area contributed by atoms with Crippen molar-refractivity contribution >= 4 is 17.3 Å². The van der Waals surface area contributed by atoms with Gasteiger partial charge < -0.3 is 11.1 Å². The Morgan fingerprint density at radius 1 is 1.33 bits per heavy atom. The maximum Gasteiger partial charge on any atom is 0.188 e. The minimum absolute atomic E-state index is 0.441. The highest BCUT2D eigenvalue weighted by Crippen LogP contribution is 2.41. The van der Waals surface area contributed by atoms with Crippen molar-refractivity contribution in [1.82, 2.24) is 5.32 Å². The number of rotatable bonds is 5. The van der Waals surface area contributed by atoms with Crippen LogP contribution in [0.3, 0.4) is 0 Å². The van der Waals surface area contributed by atoms with E-state index in [4.69, 9.17) is 5.73 Å². The van der Waals surface area contributed by atoms with Crippen LogP contribution in [0.1, 0.15) is 28.3 Å². The Kier molecular flexibility index (Phi) is 4.25. The summed E-state index contributed by atoms with van der Waals surface area (Å²) in [5.41, 5.74) is 8.77. The fourth-order valence-corrected chi connectivity index (χ4v) is 3.38. The second kappa shape index (κ2) is 6.31. The van der Waals surface area contributed by atoms with Crippen LogP contribution < -0.4 is 11.1 Å². The third-order valence-corrected chi connectivity index (χ3v) is 4.87. The van der Waals surface area contributed by atoms with Crippen molar-refractivity contribution in [2.75, 3.05) is 6.54 Å². The average molecular weight is 299 g/mol. The third-order valence-electron chi connectivity index (χ3n) is 3.93. The molecule has 1 aliphatic rings. The minimum atomic E-state index is 0.441. The Hall–Kier alpha value is -1.81. The molecule has 3 nitrogen and oxygen atoms in total. The van der Waals surface area contributed by atoms with Crippen LogP contribution >= 0.6 is 11.3 Å². The summed E-state index contributed by atoms with van der Waals surface area (Å²) >= 11 is 1.77. The summed E-state index contributed by atoms with van der Waals surface area (Å²) in [5, 5.41) is 5.44. The topological polar surface area (TPSA) is 50.4 Å². The Morgan fingerprint density at radius 2 is 2.19 bits per heavy atom. The van der Waals surface area contributed by atoms with Gasteiger partial charge in [0.05, 0.1) is 0 Å². The number of aryl methyl sites for hydroxylation is 1. The largest absolute Gasteiger partial charge is 0.370 e. The minimum Gasteiger partial charge on any atom is -0.370 e. The molecule has 0 amide bonds. The second-order valence-corrected chi connectivity index (χ2v) is 6.58. The van der Waals surface area contributed by atoms with E-state index in [9.17, 15) is 0 Å². The molecular weight excluding hydrogens is 278 g/mol. The van der Waals surface area contributed by atoms with Gasteiger partial charge in [-0.1, -0.05) is 30.3 Å². The summed E-state index contributed by atoms with van der Waals surface area (Å²) in [6, 6.07) is 13.2. The number of nitrogens with one attached hydrogen (secondary N) is 1. The van der Waals surface area contributed by atoms with Gasteiger partial charge in [0.15, 0.2) is 5.96 Å². The molecule has 2 unspecified atom stereocenters. The lowest BCUT2D eigenvalue weighted by Gasteiger charge is -2.07. The van der Waals surface area contributed by atoms with Gasteiger partial charge in [0.1, 0.15) is 0 Å². The van der Waals surface area contributed by atoms with Crippen molar-refractivity contribution in [2.24, 2.45) is 10.7 Å². The summed E-state index contributed by atoms with van der Waals surface area (Å²) < 4.78 is 0. The lowest BCUT2D eigenvalue weighted by atomic mass is 10.0. The van der Waals surface area contributed by atoms with Gasteiger partial charge in [-0.05, 0) is 35.9 Å². The molecule has 1 aromatic heterocycles. The smallest absolute Gasteiger partial charge is 0.188 e. The van der Waals surface area contributed by atoms with Crippen LogP contribution in [-0.4, -0.2) is 18.5 Å². The van der Waals surface area contributed by atoms with Gasteiger partial charge in [0.25, 0.3) is 0 Å². The van der Waals surface area contributed by atoms with Crippen LogP contribution in [0.15, 0.2) is 46.8 Å². The molecule has 4 heteroatoms. The first-order valence-electron chi connectivity index (χ1n) is 7.38. The Labute approximate surface area is 129 Å². The molecule has 3 rings (SSSR count). The van der Waals surface area contributed by atoms with E-state index in [1.165, 1.54) is 16.0 Å². The van der Waals surface area contributed by atoms with Gasteiger partial charge in [0, 0.05) is 29.8 Å². The predicted molar refractivity (Wildman–Crippen MR) is 90.0 cm³/mol. The van der Waals surface area contributed by atoms with Crippen LogP contribution in [0, 0.1) is 6.92 Å². The van der Waals surface area contributed by atoms with Gasteiger partial charge in [0.2, 0.25) is 0 Å². The van der Waals surface area contributed by atoms with E-state index < -0.39 is 0 Å². The first-order valence-corrected chi connectivity index (χ1v) is 8.26. The van der Waals surface area contributed by atoms with Crippen LogP contribution in [0.25, 0.3) is 0 Å². The Bertz CT molecular complexity index is 619. The monoisotopic (exact) mass is 299 g/mol. The first kappa shape index (κ1) is 14.1. The molecule has 1 aliphatic carbocycles. The number of nitrogens with two attached hydrogens (primary N) is 1. The number of aliphatic imine (C=N–C) groups is 1. The van der Waals surface area contributed by atoms with E-state index in [1.54, 1.807) is 11.3 Å². The molecule has 0 radical (unpaired) electrons. The summed E-state index contributed by atoms with van der Waals surface area (Å²) in [7, 11) is 0. The number of benzene rings is 1. The summed E-state index contributed by atoms with van der Waals surface area (Å²) in [4.78, 5) is 5.78. The SMILES string of the molecule is Cc1ccccc1C1CC1NC(N)=NCCc1cccs1. The van der Waals surface area contributed by atoms with Crippen molar-refractivity contribution in [1.29, 1.82) is 0 Å². The molecule has 2 atom stereocenters. The number of guanidine groups is 1. The van der Waals surface area contributed by atoms with E-state index in [0.29, 0.717) is 17.9 Å². The fourth-order valence-electron chi connectivity index (χ4n) is 2.68. The van der Waals surface area contributed by atoms with Gasteiger partial charge in [-0.2, -0.15) is 0 Å². The maximum atomic E-state index is 5.97. The zero-order valence-corrected chi connectivity index (χ0v) is 13.1. The molecule has 0 saturated heterocycles. The van der Waals surface area contributed by atoms with E-state index >= 15 is 0 Å². The van der Waals surface area contributed by atoms with Gasteiger partial charge in [-0.15, -0.1) is 11.3 Å². The lowest BCUT2D eigenvalue weighted by Crippen LogP contribution is -2.34. The first-order chi connectivity index (χ1) is 10.2. The fraction of sp³-hybridized carbons (Fsp3) is 0.353. The Balaban J connectivity index is 1.48. The molecule has 1 fully saturated rings. The molecule has 3 N–H and O–H groups in total. The zero-order chi connectivity index (χ0) is 14.7. The highest BCUT2D eigenvalue weighted by molar-refractivity contribution is 7.09. The normalized spacial score (nSPS) is 21.3. The van der Waals surface area contributed by atoms with E-state index in [1.807, 2.05) is 0 Å². The van der Waals surface area contributed by atoms with Crippen LogP contribution in [-0.2, 0) is 6.42 Å². The molecule has 2 aromatic rings. The van der Waals surface area contributed by atoms with Crippen molar-refractivity contribution in [2.45, 2.75) is 31.7 Å². The molecule has 0 aliphatic heterocycles. The highest BCUT2D eigenvalue weighted by atomic mass is 32.1. The molecule has 110 valence electrons. The summed E-state index contributed by atoms with van der Waals surface area (Å²) in [6.07, 6.45) is 2.11. The highest BCUT2D eigenvalue weighted by Gasteiger charge is 2.39. The van der Waals surface area contributed by atoms with E-state index in [0.717, 1.165) is 19.4 Å². The molecule has 1 aromatic carbocycles. The molecule has 1 heterocycles. The number of hydrogen-bond donors (Lipinski definition) is 2. The van der Waals surface area contributed by atoms with Gasteiger partial charge >= 0.3 is 0 Å². The summed E-state index contributed by atoms with van der Waals surface area (Å²) in [5.74, 6) is 1.16. The lowest BCUT2D eigenvalue weighted by molar-refractivity contribution is 0.842. The zero-order valence-electron chi connectivity index (χ0n) is 12.3. The van der Waals surface area contributed by atoms with Crippen LogP contribution in [0.4, 0.5) is 0 Å². The van der Waals surface area contributed by atoms with Crippen LogP contribution in [0.2, 0.25) is 0 Å². The third kappa shape index (κ3) is 3.64. The van der Waals surface area contributed by atoms with Crippen molar-refractivity contribution in [3.8, 4) is 0 Å². The van der Waals surface area contributed by atoms with Gasteiger partial charge in [-0.25, -0.2) is 0 Å². The van der Waals surface area contributed by atoms with Gasteiger partial charge in [-0.3, -0.25) is 4.99 Å². The second-order valence-electron chi connectivity index (χ2n) is 5.55. The number of thiophene rings is 1. The summed E-state index contributed by atoms with van der Waals surface area (Å²) in [6.45, 7) is 2.92. The average Bonchev–Trinajstić information content (AvgIpc) is 3.01. The molecule has 21 heavy (non-hydrogen) atoms. The van der Waals surface area contributed by atoms with E-state index in [2.05, 4.69) is 59.0 Å². The predicted octanol–water partition coefficient (Wildman–Crippen LogP) is 3.06. The molecule has 0 spiro atoms. The molecular formula is C17H21N3S. The van der Waals surface area contributed by atoms with Crippen molar-refractivity contribution in [3.63, 3.8) is 0 Å². The maximum absolute atomic E-state index is 5.97. The quantitative estimate of drug-likeness (QED) is 0.658.